The molecule has 216 valence electrons. The Hall–Kier alpha value is -2.22. The zero-order valence-electron chi connectivity index (χ0n) is 23.2. The molecule has 3 aliphatic rings. The smallest absolute Gasteiger partial charge is 0.237 e. The quantitative estimate of drug-likeness (QED) is 0.300. The van der Waals surface area contributed by atoms with E-state index in [1.165, 1.54) is 49.9 Å². The first-order valence-corrected chi connectivity index (χ1v) is 15.0. The molecular formula is C31H37Cl2F2N3O2. The topological polar surface area (TPSA) is 70.2 Å². The van der Waals surface area contributed by atoms with E-state index in [0.29, 0.717) is 29.8 Å². The molecule has 0 aromatic heterocycles. The highest BCUT2D eigenvalue weighted by molar-refractivity contribution is 6.31. The van der Waals surface area contributed by atoms with Gasteiger partial charge in [0.05, 0.1) is 16.1 Å². The lowest BCUT2D eigenvalue weighted by molar-refractivity contribution is -0.123. The minimum Gasteiger partial charge on any atom is -0.355 e. The number of hydrogen-bond donors (Lipinski definition) is 3. The van der Waals surface area contributed by atoms with Gasteiger partial charge in [-0.2, -0.15) is 0 Å². The first-order chi connectivity index (χ1) is 18.9. The monoisotopic (exact) mass is 591 g/mol. The molecule has 2 aromatic carbocycles. The second-order valence-electron chi connectivity index (χ2n) is 12.8. The van der Waals surface area contributed by atoms with Crippen LogP contribution in [0, 0.1) is 23.0 Å². The number of fused-ring (bicyclic) bond motifs is 2. The maximum atomic E-state index is 15.0. The van der Waals surface area contributed by atoms with Gasteiger partial charge in [-0.3, -0.25) is 9.59 Å². The summed E-state index contributed by atoms with van der Waals surface area (Å²) < 4.78 is 29.3. The molecule has 0 radical (unpaired) electrons. The highest BCUT2D eigenvalue weighted by Crippen LogP contribution is 2.57. The van der Waals surface area contributed by atoms with Crippen LogP contribution in [0.15, 0.2) is 30.3 Å². The predicted molar refractivity (Wildman–Crippen MR) is 155 cm³/mol. The molecule has 3 N–H and O–H groups in total. The zero-order valence-corrected chi connectivity index (χ0v) is 24.7. The van der Waals surface area contributed by atoms with Crippen LogP contribution in [-0.2, 0) is 15.0 Å². The van der Waals surface area contributed by atoms with Gasteiger partial charge in [0.25, 0.3) is 0 Å². The van der Waals surface area contributed by atoms with E-state index in [9.17, 15) is 18.4 Å². The highest BCUT2D eigenvalue weighted by atomic mass is 35.5. The van der Waals surface area contributed by atoms with Crippen LogP contribution >= 0.6 is 23.2 Å². The van der Waals surface area contributed by atoms with Gasteiger partial charge in [0.15, 0.2) is 0 Å². The van der Waals surface area contributed by atoms with Crippen molar-refractivity contribution in [3.63, 3.8) is 0 Å². The van der Waals surface area contributed by atoms with Crippen LogP contribution in [0.1, 0.15) is 82.8 Å². The number of nitrogens with one attached hydrogen (secondary N) is 3. The van der Waals surface area contributed by atoms with E-state index in [0.717, 1.165) is 18.8 Å². The maximum absolute atomic E-state index is 15.0. The Labute approximate surface area is 244 Å². The Kier molecular flexibility index (Phi) is 8.21. The number of amides is 2. The highest BCUT2D eigenvalue weighted by Gasteiger charge is 2.65. The van der Waals surface area contributed by atoms with E-state index in [-0.39, 0.29) is 27.3 Å². The van der Waals surface area contributed by atoms with Gasteiger partial charge in [-0.05, 0) is 66.0 Å². The summed E-state index contributed by atoms with van der Waals surface area (Å²) in [6.07, 6.45) is 7.51. The molecule has 1 spiro atoms. The van der Waals surface area contributed by atoms with E-state index in [2.05, 4.69) is 36.7 Å². The van der Waals surface area contributed by atoms with Crippen molar-refractivity contribution in [2.45, 2.75) is 89.1 Å². The van der Waals surface area contributed by atoms with Gasteiger partial charge in [0.2, 0.25) is 11.8 Å². The Morgan fingerprint density at radius 1 is 1.07 bits per heavy atom. The molecule has 1 saturated carbocycles. The molecule has 0 bridgehead atoms. The Morgan fingerprint density at radius 2 is 1.77 bits per heavy atom. The van der Waals surface area contributed by atoms with Crippen molar-refractivity contribution in [2.24, 2.45) is 11.3 Å². The molecule has 9 heteroatoms. The largest absolute Gasteiger partial charge is 0.355 e. The summed E-state index contributed by atoms with van der Waals surface area (Å²) >= 11 is 12.3. The Morgan fingerprint density at radius 3 is 2.45 bits per heavy atom. The minimum atomic E-state index is -1.36. The van der Waals surface area contributed by atoms with E-state index in [4.69, 9.17) is 23.2 Å². The van der Waals surface area contributed by atoms with Crippen molar-refractivity contribution >= 4 is 40.7 Å². The van der Waals surface area contributed by atoms with Crippen LogP contribution in [0.2, 0.25) is 10.0 Å². The maximum Gasteiger partial charge on any atom is 0.237 e. The lowest BCUT2D eigenvalue weighted by atomic mass is 9.62. The Balaban J connectivity index is 1.58. The summed E-state index contributed by atoms with van der Waals surface area (Å²) in [4.78, 5) is 28.0. The fraction of sp³-hybridized carbons (Fsp3) is 0.548. The molecule has 4 atom stereocenters. The van der Waals surface area contributed by atoms with Gasteiger partial charge < -0.3 is 16.0 Å². The molecule has 2 amide bonds. The van der Waals surface area contributed by atoms with Gasteiger partial charge in [-0.25, -0.2) is 8.78 Å². The number of hydrogen-bond acceptors (Lipinski definition) is 3. The molecule has 2 fully saturated rings. The molecule has 2 heterocycles. The molecular weight excluding hydrogens is 555 g/mol. The van der Waals surface area contributed by atoms with Gasteiger partial charge in [-0.1, -0.05) is 75.7 Å². The molecule has 0 unspecified atom stereocenters. The molecule has 1 aliphatic carbocycles. The predicted octanol–water partition coefficient (Wildman–Crippen LogP) is 7.11. The number of halogens is 4. The second kappa shape index (κ2) is 11.2. The number of carbonyl (C=O) groups excluding carboxylic acids is 2. The van der Waals surface area contributed by atoms with Crippen LogP contribution in [0.5, 0.6) is 0 Å². The third kappa shape index (κ3) is 5.37. The van der Waals surface area contributed by atoms with E-state index >= 15 is 0 Å². The molecule has 5 rings (SSSR count). The summed E-state index contributed by atoms with van der Waals surface area (Å²) in [5.74, 6) is -1.92. The third-order valence-electron chi connectivity index (χ3n) is 8.85. The van der Waals surface area contributed by atoms with Crippen LogP contribution in [-0.4, -0.2) is 30.4 Å². The first kappa shape index (κ1) is 29.3. The van der Waals surface area contributed by atoms with E-state index in [1.54, 1.807) is 6.07 Å². The summed E-state index contributed by atoms with van der Waals surface area (Å²) in [5.41, 5.74) is -0.229. The molecule has 5 nitrogen and oxygen atoms in total. The summed E-state index contributed by atoms with van der Waals surface area (Å²) in [7, 11) is 0. The van der Waals surface area contributed by atoms with Crippen LogP contribution in [0.4, 0.5) is 14.5 Å². The van der Waals surface area contributed by atoms with Crippen molar-refractivity contribution < 1.29 is 18.4 Å². The van der Waals surface area contributed by atoms with Crippen molar-refractivity contribution in [1.29, 1.82) is 0 Å². The fourth-order valence-corrected chi connectivity index (χ4v) is 7.50. The molecule has 1 saturated heterocycles. The van der Waals surface area contributed by atoms with Gasteiger partial charge in [0, 0.05) is 24.2 Å². The first-order valence-electron chi connectivity index (χ1n) is 14.2. The SMILES string of the molecule is CC(C)(C)C[C@H]1N[C@@H](C(=O)NCCCC2CCCC2)[C@H](c2ccc(F)c(Cl)c2)[C@@]12C(=O)Nc1cc(Cl)c(F)cc12. The summed E-state index contributed by atoms with van der Waals surface area (Å²) in [6.45, 7) is 6.69. The molecule has 40 heavy (non-hydrogen) atoms. The number of benzene rings is 2. The average Bonchev–Trinajstić information content (AvgIpc) is 3.57. The lowest BCUT2D eigenvalue weighted by Gasteiger charge is -2.37. The third-order valence-corrected chi connectivity index (χ3v) is 9.43. The van der Waals surface area contributed by atoms with Crippen LogP contribution < -0.4 is 16.0 Å². The van der Waals surface area contributed by atoms with Crippen LogP contribution in [0.25, 0.3) is 0 Å². The van der Waals surface area contributed by atoms with E-state index in [1.807, 2.05) is 0 Å². The van der Waals surface area contributed by atoms with Crippen molar-refractivity contribution in [1.82, 2.24) is 10.6 Å². The van der Waals surface area contributed by atoms with Gasteiger partial charge >= 0.3 is 0 Å². The molecule has 2 aromatic rings. The van der Waals surface area contributed by atoms with Crippen molar-refractivity contribution in [3.8, 4) is 0 Å². The number of anilines is 1. The number of rotatable bonds is 7. The average molecular weight is 593 g/mol. The van der Waals surface area contributed by atoms with E-state index < -0.39 is 35.1 Å². The standard InChI is InChI=1S/C31H37Cl2F2N3O2/c1-30(2,3)16-25-31(19-14-23(35)21(33)15-24(19)37-29(31)40)26(18-10-11-22(34)20(32)13-18)27(38-25)28(39)36-12-6-9-17-7-4-5-8-17/h10-11,13-15,17,25-27,38H,4-9,12,16H2,1-3H3,(H,36,39)(H,37,40)/t25-,26+,27-,31+/m1/s1. The summed E-state index contributed by atoms with van der Waals surface area (Å²) in [5, 5.41) is 9.27. The van der Waals surface area contributed by atoms with Crippen LogP contribution in [0.3, 0.4) is 0 Å². The normalized spacial score (nSPS) is 26.4. The minimum absolute atomic E-state index is 0.104. The molecule has 2 aliphatic heterocycles. The fourth-order valence-electron chi connectivity index (χ4n) is 7.15. The number of carbonyl (C=O) groups is 2. The Bertz CT molecular complexity index is 1310. The van der Waals surface area contributed by atoms with Gasteiger partial charge in [-0.15, -0.1) is 0 Å². The van der Waals surface area contributed by atoms with Crippen molar-refractivity contribution in [3.05, 3.63) is 63.1 Å². The zero-order chi connectivity index (χ0) is 28.8. The second-order valence-corrected chi connectivity index (χ2v) is 13.6. The van der Waals surface area contributed by atoms with Crippen molar-refractivity contribution in [2.75, 3.05) is 11.9 Å². The van der Waals surface area contributed by atoms with Gasteiger partial charge in [0.1, 0.15) is 17.0 Å². The summed E-state index contributed by atoms with van der Waals surface area (Å²) in [6, 6.07) is 5.63. The lowest BCUT2D eigenvalue weighted by Crippen LogP contribution is -2.49.